The number of hydrogen-bond acceptors (Lipinski definition) is 4. The van der Waals surface area contributed by atoms with Crippen LogP contribution in [0.25, 0.3) is 0 Å². The van der Waals surface area contributed by atoms with Crippen molar-refractivity contribution >= 4 is 5.97 Å². The van der Waals surface area contributed by atoms with E-state index < -0.39 is 12.5 Å². The van der Waals surface area contributed by atoms with Gasteiger partial charge >= 0.3 is 12.6 Å². The maximum absolute atomic E-state index is 12.7. The molecule has 1 fully saturated rings. The number of carbonyl (C=O) groups is 1. The van der Waals surface area contributed by atoms with Crippen LogP contribution in [0.1, 0.15) is 17.0 Å². The first-order valence-corrected chi connectivity index (χ1v) is 8.46. The Kier molecular flexibility index (Phi) is 5.83. The largest absolute Gasteiger partial charge is 0.469 e. The lowest BCUT2D eigenvalue weighted by molar-refractivity contribution is -0.145. The second kappa shape index (κ2) is 8.27. The van der Waals surface area contributed by atoms with E-state index in [0.717, 1.165) is 5.56 Å². The van der Waals surface area contributed by atoms with E-state index in [1.54, 1.807) is 18.2 Å². The standard InChI is InChI=1S/C20H21F2NO3/c1-25-19(24)17-13-23(11-14-7-3-2-4-8-14)12-16(17)15-9-5-6-10-18(15)26-20(21)22/h2-10,16-17,20H,11-13H2,1H3. The molecule has 0 radical (unpaired) electrons. The third-order valence-corrected chi connectivity index (χ3v) is 4.68. The van der Waals surface area contributed by atoms with Crippen LogP contribution in [0.3, 0.4) is 0 Å². The predicted molar refractivity (Wildman–Crippen MR) is 93.0 cm³/mol. The topological polar surface area (TPSA) is 38.8 Å². The fraction of sp³-hybridized carbons (Fsp3) is 0.350. The Morgan fingerprint density at radius 1 is 1.12 bits per heavy atom. The van der Waals surface area contributed by atoms with E-state index in [-0.39, 0.29) is 17.6 Å². The van der Waals surface area contributed by atoms with Gasteiger partial charge in [-0.25, -0.2) is 0 Å². The smallest absolute Gasteiger partial charge is 0.387 e. The number of benzene rings is 2. The Morgan fingerprint density at radius 3 is 2.50 bits per heavy atom. The van der Waals surface area contributed by atoms with Gasteiger partial charge in [-0.3, -0.25) is 9.69 Å². The summed E-state index contributed by atoms with van der Waals surface area (Å²) in [6, 6.07) is 16.6. The third kappa shape index (κ3) is 4.19. The number of carbonyl (C=O) groups excluding carboxylic acids is 1. The lowest BCUT2D eigenvalue weighted by atomic mass is 9.88. The van der Waals surface area contributed by atoms with Gasteiger partial charge in [0.05, 0.1) is 13.0 Å². The third-order valence-electron chi connectivity index (χ3n) is 4.68. The Morgan fingerprint density at radius 2 is 1.81 bits per heavy atom. The molecule has 1 aliphatic heterocycles. The lowest BCUT2D eigenvalue weighted by Gasteiger charge is -2.20. The van der Waals surface area contributed by atoms with Gasteiger partial charge in [0, 0.05) is 25.6 Å². The van der Waals surface area contributed by atoms with E-state index in [9.17, 15) is 13.6 Å². The number of rotatable bonds is 6. The Labute approximate surface area is 151 Å². The summed E-state index contributed by atoms with van der Waals surface area (Å²) >= 11 is 0. The molecule has 0 amide bonds. The minimum atomic E-state index is -2.91. The summed E-state index contributed by atoms with van der Waals surface area (Å²) < 4.78 is 35.1. The van der Waals surface area contributed by atoms with Gasteiger partial charge in [0.1, 0.15) is 5.75 Å². The van der Waals surface area contributed by atoms with Crippen molar-refractivity contribution in [2.24, 2.45) is 5.92 Å². The van der Waals surface area contributed by atoms with E-state index in [2.05, 4.69) is 9.64 Å². The molecule has 138 valence electrons. The van der Waals surface area contributed by atoms with Gasteiger partial charge in [-0.1, -0.05) is 48.5 Å². The van der Waals surface area contributed by atoms with E-state index in [1.807, 2.05) is 30.3 Å². The molecule has 4 nitrogen and oxygen atoms in total. The molecule has 1 aliphatic rings. The summed E-state index contributed by atoms with van der Waals surface area (Å²) in [7, 11) is 1.35. The number of methoxy groups -OCH3 is 1. The van der Waals surface area contributed by atoms with Gasteiger partial charge in [0.25, 0.3) is 0 Å². The molecule has 2 aromatic rings. The maximum atomic E-state index is 12.7. The highest BCUT2D eigenvalue weighted by atomic mass is 19.3. The molecule has 2 atom stereocenters. The molecule has 0 saturated carbocycles. The molecule has 2 unspecified atom stereocenters. The molecular weight excluding hydrogens is 340 g/mol. The van der Waals surface area contributed by atoms with Crippen LogP contribution in [0.2, 0.25) is 0 Å². The van der Waals surface area contributed by atoms with E-state index >= 15 is 0 Å². The molecule has 3 rings (SSSR count). The molecule has 0 N–H and O–H groups in total. The zero-order valence-electron chi connectivity index (χ0n) is 14.5. The van der Waals surface area contributed by atoms with Crippen LogP contribution >= 0.6 is 0 Å². The number of nitrogens with zero attached hydrogens (tertiary/aromatic N) is 1. The molecular formula is C20H21F2NO3. The number of para-hydroxylation sites is 1. The van der Waals surface area contributed by atoms with E-state index in [4.69, 9.17) is 4.74 Å². The van der Waals surface area contributed by atoms with Crippen LogP contribution in [-0.2, 0) is 16.1 Å². The van der Waals surface area contributed by atoms with Gasteiger partial charge in [-0.15, -0.1) is 0 Å². The van der Waals surface area contributed by atoms with Crippen LogP contribution in [-0.4, -0.2) is 37.7 Å². The fourth-order valence-electron chi connectivity index (χ4n) is 3.55. The van der Waals surface area contributed by atoms with Crippen molar-refractivity contribution in [2.45, 2.75) is 19.1 Å². The van der Waals surface area contributed by atoms with Crippen molar-refractivity contribution in [2.75, 3.05) is 20.2 Å². The van der Waals surface area contributed by atoms with Gasteiger partial charge in [0.2, 0.25) is 0 Å². The van der Waals surface area contributed by atoms with Crippen molar-refractivity contribution in [1.82, 2.24) is 4.90 Å². The molecule has 0 spiro atoms. The average molecular weight is 361 g/mol. The van der Waals surface area contributed by atoms with Crippen LogP contribution in [0.5, 0.6) is 5.75 Å². The van der Waals surface area contributed by atoms with Crippen LogP contribution in [0.15, 0.2) is 54.6 Å². The van der Waals surface area contributed by atoms with Crippen molar-refractivity contribution in [1.29, 1.82) is 0 Å². The van der Waals surface area contributed by atoms with Crippen LogP contribution < -0.4 is 4.74 Å². The first-order chi connectivity index (χ1) is 12.6. The fourth-order valence-corrected chi connectivity index (χ4v) is 3.55. The second-order valence-corrected chi connectivity index (χ2v) is 6.33. The second-order valence-electron chi connectivity index (χ2n) is 6.33. The highest BCUT2D eigenvalue weighted by Crippen LogP contribution is 2.39. The van der Waals surface area contributed by atoms with Gasteiger partial charge < -0.3 is 9.47 Å². The summed E-state index contributed by atoms with van der Waals surface area (Å²) in [5, 5.41) is 0. The molecule has 6 heteroatoms. The van der Waals surface area contributed by atoms with Crippen molar-refractivity contribution in [3.63, 3.8) is 0 Å². The Bertz CT molecular complexity index is 739. The summed E-state index contributed by atoms with van der Waals surface area (Å²) in [6.07, 6.45) is 0. The molecule has 0 aliphatic carbocycles. The highest BCUT2D eigenvalue weighted by molar-refractivity contribution is 5.74. The first-order valence-electron chi connectivity index (χ1n) is 8.46. The minimum Gasteiger partial charge on any atom is -0.469 e. The molecule has 0 aromatic heterocycles. The number of halogens is 2. The first kappa shape index (κ1) is 18.3. The average Bonchev–Trinajstić information content (AvgIpc) is 3.05. The van der Waals surface area contributed by atoms with Gasteiger partial charge in [0.15, 0.2) is 0 Å². The monoisotopic (exact) mass is 361 g/mol. The molecule has 1 saturated heterocycles. The van der Waals surface area contributed by atoms with Gasteiger partial charge in [-0.05, 0) is 17.2 Å². The van der Waals surface area contributed by atoms with E-state index in [0.29, 0.717) is 25.2 Å². The Hall–Kier alpha value is -2.47. The molecule has 26 heavy (non-hydrogen) atoms. The van der Waals surface area contributed by atoms with Crippen LogP contribution in [0, 0.1) is 5.92 Å². The quantitative estimate of drug-likeness (QED) is 0.736. The number of esters is 1. The maximum Gasteiger partial charge on any atom is 0.387 e. The zero-order chi connectivity index (χ0) is 18.5. The van der Waals surface area contributed by atoms with Crippen LogP contribution in [0.4, 0.5) is 8.78 Å². The molecule has 1 heterocycles. The van der Waals surface area contributed by atoms with Gasteiger partial charge in [-0.2, -0.15) is 8.78 Å². The molecule has 0 bridgehead atoms. The highest BCUT2D eigenvalue weighted by Gasteiger charge is 2.40. The van der Waals surface area contributed by atoms with E-state index in [1.165, 1.54) is 13.2 Å². The minimum absolute atomic E-state index is 0.114. The molecule has 2 aromatic carbocycles. The van der Waals surface area contributed by atoms with Crippen molar-refractivity contribution in [3.05, 3.63) is 65.7 Å². The lowest BCUT2D eigenvalue weighted by Crippen LogP contribution is -2.24. The number of alkyl halides is 2. The number of likely N-dealkylation sites (tertiary alicyclic amines) is 1. The number of hydrogen-bond donors (Lipinski definition) is 0. The number of ether oxygens (including phenoxy) is 2. The van der Waals surface area contributed by atoms with Crippen molar-refractivity contribution < 1.29 is 23.0 Å². The summed E-state index contributed by atoms with van der Waals surface area (Å²) in [5.74, 6) is -0.910. The summed E-state index contributed by atoms with van der Waals surface area (Å²) in [4.78, 5) is 14.4. The Balaban J connectivity index is 1.85. The predicted octanol–water partition coefficient (Wildman–Crippen LogP) is 3.68. The summed E-state index contributed by atoms with van der Waals surface area (Å²) in [5.41, 5.74) is 1.74. The SMILES string of the molecule is COC(=O)C1CN(Cc2ccccc2)CC1c1ccccc1OC(F)F. The zero-order valence-corrected chi connectivity index (χ0v) is 14.5. The summed E-state index contributed by atoms with van der Waals surface area (Å²) in [6.45, 7) is -1.15. The van der Waals surface area contributed by atoms with Crippen molar-refractivity contribution in [3.8, 4) is 5.75 Å². The normalized spacial score (nSPS) is 20.3.